The fraction of sp³-hybridized carbons (Fsp3) is 0.667. The molecule has 3 nitrogen and oxygen atoms in total. The largest absolute Gasteiger partial charge is 0.320 e. The standard InChI is InChI=1S/C18H31N3/c1-19-12-6-13-20(2)18-10-15-21(16-11-18)14-9-17-7-4-3-5-8-17/h3-5,7-8,18-19H,6,9-16H2,1-2H3. The molecule has 1 N–H and O–H groups in total. The van der Waals surface area contributed by atoms with Crippen molar-refractivity contribution in [3.63, 3.8) is 0 Å². The van der Waals surface area contributed by atoms with Crippen molar-refractivity contribution in [1.29, 1.82) is 0 Å². The average molecular weight is 289 g/mol. The smallest absolute Gasteiger partial charge is 0.0117 e. The number of rotatable bonds is 8. The zero-order valence-corrected chi connectivity index (χ0v) is 13.7. The van der Waals surface area contributed by atoms with E-state index in [1.54, 1.807) is 0 Å². The van der Waals surface area contributed by atoms with Gasteiger partial charge in [-0.05, 0) is 71.5 Å². The molecule has 0 spiro atoms. The van der Waals surface area contributed by atoms with Gasteiger partial charge in [0.2, 0.25) is 0 Å². The summed E-state index contributed by atoms with van der Waals surface area (Å²) < 4.78 is 0. The Bertz CT molecular complexity index is 371. The van der Waals surface area contributed by atoms with Crippen LogP contribution in [0.3, 0.4) is 0 Å². The number of hydrogen-bond acceptors (Lipinski definition) is 3. The summed E-state index contributed by atoms with van der Waals surface area (Å²) in [7, 11) is 4.32. The molecule has 0 atom stereocenters. The van der Waals surface area contributed by atoms with Crippen LogP contribution in [0.5, 0.6) is 0 Å². The Labute approximate surface area is 130 Å². The van der Waals surface area contributed by atoms with Gasteiger partial charge >= 0.3 is 0 Å². The van der Waals surface area contributed by atoms with Gasteiger partial charge in [0.05, 0.1) is 0 Å². The lowest BCUT2D eigenvalue weighted by Crippen LogP contribution is -2.44. The lowest BCUT2D eigenvalue weighted by atomic mass is 10.0. The van der Waals surface area contributed by atoms with E-state index >= 15 is 0 Å². The van der Waals surface area contributed by atoms with Gasteiger partial charge in [-0.3, -0.25) is 0 Å². The van der Waals surface area contributed by atoms with Gasteiger partial charge in [0.15, 0.2) is 0 Å². The van der Waals surface area contributed by atoms with Crippen molar-refractivity contribution in [2.45, 2.75) is 31.7 Å². The fourth-order valence-electron chi connectivity index (χ4n) is 3.20. The van der Waals surface area contributed by atoms with Gasteiger partial charge in [-0.2, -0.15) is 0 Å². The van der Waals surface area contributed by atoms with E-state index in [1.165, 1.54) is 57.4 Å². The third-order valence-electron chi connectivity index (χ3n) is 4.68. The second kappa shape index (κ2) is 9.19. The Morgan fingerprint density at radius 3 is 2.57 bits per heavy atom. The van der Waals surface area contributed by atoms with Crippen molar-refractivity contribution in [2.75, 3.05) is 46.8 Å². The lowest BCUT2D eigenvalue weighted by molar-refractivity contribution is 0.128. The molecule has 1 aliphatic rings. The van der Waals surface area contributed by atoms with Crippen molar-refractivity contribution in [3.8, 4) is 0 Å². The highest BCUT2D eigenvalue weighted by molar-refractivity contribution is 5.14. The molecule has 3 heteroatoms. The first-order chi connectivity index (χ1) is 10.3. The van der Waals surface area contributed by atoms with Gasteiger partial charge < -0.3 is 15.1 Å². The van der Waals surface area contributed by atoms with Crippen LogP contribution >= 0.6 is 0 Å². The Morgan fingerprint density at radius 1 is 1.19 bits per heavy atom. The molecule has 1 aromatic rings. The minimum atomic E-state index is 0.787. The van der Waals surface area contributed by atoms with Crippen LogP contribution in [0.1, 0.15) is 24.8 Å². The molecule has 1 aliphatic heterocycles. The molecule has 1 saturated heterocycles. The first-order valence-electron chi connectivity index (χ1n) is 8.40. The zero-order chi connectivity index (χ0) is 14.9. The van der Waals surface area contributed by atoms with Crippen LogP contribution in [0.25, 0.3) is 0 Å². The summed E-state index contributed by atoms with van der Waals surface area (Å²) in [6.07, 6.45) is 5.08. The molecule has 2 rings (SSSR count). The summed E-state index contributed by atoms with van der Waals surface area (Å²) in [6.45, 7) is 6.07. The SMILES string of the molecule is CNCCCN(C)C1CCN(CCc2ccccc2)CC1. The topological polar surface area (TPSA) is 18.5 Å². The highest BCUT2D eigenvalue weighted by atomic mass is 15.2. The molecule has 21 heavy (non-hydrogen) atoms. The monoisotopic (exact) mass is 289 g/mol. The van der Waals surface area contributed by atoms with Crippen molar-refractivity contribution in [2.24, 2.45) is 0 Å². The highest BCUT2D eigenvalue weighted by Crippen LogP contribution is 2.16. The summed E-state index contributed by atoms with van der Waals surface area (Å²) in [4.78, 5) is 5.19. The maximum atomic E-state index is 3.23. The van der Waals surface area contributed by atoms with Crippen molar-refractivity contribution >= 4 is 0 Å². The van der Waals surface area contributed by atoms with Gasteiger partial charge in [0.25, 0.3) is 0 Å². The predicted octanol–water partition coefficient (Wildman–Crippen LogP) is 2.23. The molecule has 1 aromatic carbocycles. The van der Waals surface area contributed by atoms with E-state index in [1.807, 2.05) is 7.05 Å². The molecule has 118 valence electrons. The maximum absolute atomic E-state index is 3.23. The van der Waals surface area contributed by atoms with Gasteiger partial charge in [-0.25, -0.2) is 0 Å². The molecule has 0 bridgehead atoms. The van der Waals surface area contributed by atoms with Gasteiger partial charge in [-0.1, -0.05) is 30.3 Å². The molecule has 1 fully saturated rings. The van der Waals surface area contributed by atoms with Gasteiger partial charge in [0, 0.05) is 12.6 Å². The van der Waals surface area contributed by atoms with E-state index in [0.29, 0.717) is 0 Å². The highest BCUT2D eigenvalue weighted by Gasteiger charge is 2.21. The number of piperidine rings is 1. The second-order valence-electron chi connectivity index (χ2n) is 6.25. The minimum Gasteiger partial charge on any atom is -0.320 e. The van der Waals surface area contributed by atoms with Crippen LogP contribution in [0.2, 0.25) is 0 Å². The first kappa shape index (κ1) is 16.5. The maximum Gasteiger partial charge on any atom is 0.0117 e. The van der Waals surface area contributed by atoms with E-state index in [4.69, 9.17) is 0 Å². The third kappa shape index (κ3) is 5.77. The van der Waals surface area contributed by atoms with Gasteiger partial charge in [0.1, 0.15) is 0 Å². The molecule has 0 aromatic heterocycles. The minimum absolute atomic E-state index is 0.787. The molecule has 0 saturated carbocycles. The van der Waals surface area contributed by atoms with Crippen molar-refractivity contribution in [1.82, 2.24) is 15.1 Å². The Morgan fingerprint density at radius 2 is 1.90 bits per heavy atom. The molecule has 0 radical (unpaired) electrons. The Kier molecular flexibility index (Phi) is 7.20. The zero-order valence-electron chi connectivity index (χ0n) is 13.7. The molecule has 0 amide bonds. The average Bonchev–Trinajstić information content (AvgIpc) is 2.54. The van der Waals surface area contributed by atoms with Gasteiger partial charge in [-0.15, -0.1) is 0 Å². The quantitative estimate of drug-likeness (QED) is 0.741. The Balaban J connectivity index is 1.63. The van der Waals surface area contributed by atoms with Crippen LogP contribution < -0.4 is 5.32 Å². The summed E-state index contributed by atoms with van der Waals surface area (Å²) in [6, 6.07) is 11.6. The summed E-state index contributed by atoms with van der Waals surface area (Å²) in [5.41, 5.74) is 1.46. The van der Waals surface area contributed by atoms with Crippen LogP contribution in [0.4, 0.5) is 0 Å². The number of likely N-dealkylation sites (tertiary alicyclic amines) is 1. The van der Waals surface area contributed by atoms with E-state index in [0.717, 1.165) is 12.6 Å². The number of benzene rings is 1. The molecular formula is C18H31N3. The normalized spacial score (nSPS) is 17.5. The Hall–Kier alpha value is -0.900. The van der Waals surface area contributed by atoms with Crippen LogP contribution in [-0.4, -0.2) is 62.7 Å². The molecule has 0 aliphatic carbocycles. The molecule has 1 heterocycles. The van der Waals surface area contributed by atoms with E-state index in [2.05, 4.69) is 52.5 Å². The van der Waals surface area contributed by atoms with E-state index in [-0.39, 0.29) is 0 Å². The van der Waals surface area contributed by atoms with Crippen molar-refractivity contribution < 1.29 is 0 Å². The fourth-order valence-corrected chi connectivity index (χ4v) is 3.20. The first-order valence-corrected chi connectivity index (χ1v) is 8.40. The predicted molar refractivity (Wildman–Crippen MR) is 90.8 cm³/mol. The molecule has 0 unspecified atom stereocenters. The van der Waals surface area contributed by atoms with Crippen LogP contribution in [0, 0.1) is 0 Å². The third-order valence-corrected chi connectivity index (χ3v) is 4.68. The summed E-state index contributed by atoms with van der Waals surface area (Å²) in [5, 5.41) is 3.23. The van der Waals surface area contributed by atoms with Crippen molar-refractivity contribution in [3.05, 3.63) is 35.9 Å². The number of hydrogen-bond donors (Lipinski definition) is 1. The summed E-state index contributed by atoms with van der Waals surface area (Å²) in [5.74, 6) is 0. The van der Waals surface area contributed by atoms with Crippen LogP contribution in [-0.2, 0) is 6.42 Å². The number of nitrogens with zero attached hydrogens (tertiary/aromatic N) is 2. The lowest BCUT2D eigenvalue weighted by Gasteiger charge is -2.36. The number of nitrogens with one attached hydrogen (secondary N) is 1. The van der Waals surface area contributed by atoms with Crippen LogP contribution in [0.15, 0.2) is 30.3 Å². The summed E-state index contributed by atoms with van der Waals surface area (Å²) >= 11 is 0. The second-order valence-corrected chi connectivity index (χ2v) is 6.25. The van der Waals surface area contributed by atoms with E-state index < -0.39 is 0 Å². The molecular weight excluding hydrogens is 258 g/mol. The van der Waals surface area contributed by atoms with E-state index in [9.17, 15) is 0 Å².